The molecule has 0 saturated carbocycles. The Bertz CT molecular complexity index is 3250. The lowest BCUT2D eigenvalue weighted by Gasteiger charge is -2.12. The summed E-state index contributed by atoms with van der Waals surface area (Å²) >= 11 is 1.87. The fourth-order valence-electron chi connectivity index (χ4n) is 8.18. The van der Waals surface area contributed by atoms with Crippen LogP contribution in [0.1, 0.15) is 0 Å². The first-order valence-corrected chi connectivity index (χ1v) is 19.7. The SMILES string of the molecule is c1ccc(-c2cccc(-c3nc(-c4cccc(-c5cccc(-c6cccc7c6sc6ccccc67)c5)c4)nc4c3c3ccccc3n4-c3ccccc3)c2)cc1. The van der Waals surface area contributed by atoms with Gasteiger partial charge in [-0.15, -0.1) is 11.3 Å². The number of aromatic nitrogens is 3. The van der Waals surface area contributed by atoms with Crippen LogP contribution in [0.25, 0.3) is 104 Å². The highest BCUT2D eigenvalue weighted by atomic mass is 32.1. The number of hydrogen-bond donors (Lipinski definition) is 0. The van der Waals surface area contributed by atoms with Gasteiger partial charge >= 0.3 is 0 Å². The van der Waals surface area contributed by atoms with Crippen molar-refractivity contribution in [1.29, 1.82) is 0 Å². The van der Waals surface area contributed by atoms with E-state index in [4.69, 9.17) is 9.97 Å². The molecule has 4 heteroatoms. The van der Waals surface area contributed by atoms with E-state index in [0.29, 0.717) is 5.82 Å². The minimum atomic E-state index is 0.686. The van der Waals surface area contributed by atoms with E-state index in [0.717, 1.165) is 61.1 Å². The number of hydrogen-bond acceptors (Lipinski definition) is 3. The zero-order chi connectivity index (χ0) is 37.0. The molecule has 56 heavy (non-hydrogen) atoms. The Hall–Kier alpha value is -7.14. The zero-order valence-corrected chi connectivity index (χ0v) is 31.1. The average Bonchev–Trinajstić information content (AvgIpc) is 3.83. The summed E-state index contributed by atoms with van der Waals surface area (Å²) in [5.74, 6) is 0.686. The summed E-state index contributed by atoms with van der Waals surface area (Å²) in [4.78, 5) is 10.9. The first-order valence-electron chi connectivity index (χ1n) is 18.9. The van der Waals surface area contributed by atoms with Crippen molar-refractivity contribution < 1.29 is 0 Å². The molecule has 0 atom stereocenters. The van der Waals surface area contributed by atoms with Gasteiger partial charge in [0.25, 0.3) is 0 Å². The molecule has 0 amide bonds. The Kier molecular flexibility index (Phi) is 7.68. The summed E-state index contributed by atoms with van der Waals surface area (Å²) in [7, 11) is 0. The normalized spacial score (nSPS) is 11.6. The van der Waals surface area contributed by atoms with Crippen LogP contribution in [0.5, 0.6) is 0 Å². The third-order valence-electron chi connectivity index (χ3n) is 10.8. The first-order chi connectivity index (χ1) is 27.8. The second-order valence-electron chi connectivity index (χ2n) is 14.2. The summed E-state index contributed by atoms with van der Waals surface area (Å²) in [6.07, 6.45) is 0. The molecule has 0 aliphatic carbocycles. The standard InChI is InChI=1S/C52H33N3S/c1-3-15-34(16-4-1)35-17-12-21-39(32-35)49-48-45-26-7-9-29-46(45)55(41-23-5-2-6-24-41)52(48)54-51(53-49)40-22-13-19-37(33-40)36-18-11-20-38(31-36)42-27-14-28-44-43-25-8-10-30-47(43)56-50(42)44/h1-33H. The van der Waals surface area contributed by atoms with Gasteiger partial charge in [0.15, 0.2) is 5.82 Å². The van der Waals surface area contributed by atoms with Crippen LogP contribution in [-0.2, 0) is 0 Å². The molecule has 0 saturated heterocycles. The van der Waals surface area contributed by atoms with Crippen LogP contribution in [0.2, 0.25) is 0 Å². The van der Waals surface area contributed by atoms with Crippen molar-refractivity contribution in [2.75, 3.05) is 0 Å². The van der Waals surface area contributed by atoms with Gasteiger partial charge in [0.05, 0.1) is 16.6 Å². The van der Waals surface area contributed by atoms with Crippen molar-refractivity contribution >= 4 is 53.4 Å². The molecular formula is C52H33N3S. The van der Waals surface area contributed by atoms with E-state index in [1.54, 1.807) is 0 Å². The van der Waals surface area contributed by atoms with Crippen molar-refractivity contribution in [2.45, 2.75) is 0 Å². The maximum atomic E-state index is 5.47. The maximum Gasteiger partial charge on any atom is 0.162 e. The third-order valence-corrected chi connectivity index (χ3v) is 12.0. The van der Waals surface area contributed by atoms with Crippen molar-refractivity contribution in [3.8, 4) is 61.7 Å². The summed E-state index contributed by atoms with van der Waals surface area (Å²) in [5, 5.41) is 4.78. The van der Waals surface area contributed by atoms with E-state index >= 15 is 0 Å². The van der Waals surface area contributed by atoms with Crippen LogP contribution in [0.4, 0.5) is 0 Å². The molecule has 3 heterocycles. The minimum Gasteiger partial charge on any atom is -0.294 e. The fraction of sp³-hybridized carbons (Fsp3) is 0. The Morgan fingerprint density at radius 3 is 1.75 bits per heavy atom. The van der Waals surface area contributed by atoms with Gasteiger partial charge in [0, 0.05) is 42.4 Å². The third kappa shape index (κ3) is 5.42. The molecule has 3 nitrogen and oxygen atoms in total. The molecule has 11 aromatic rings. The van der Waals surface area contributed by atoms with Crippen molar-refractivity contribution in [1.82, 2.24) is 14.5 Å². The van der Waals surface area contributed by atoms with Crippen LogP contribution < -0.4 is 0 Å². The number of nitrogens with zero attached hydrogens (tertiary/aromatic N) is 3. The second-order valence-corrected chi connectivity index (χ2v) is 15.2. The first kappa shape index (κ1) is 32.3. The lowest BCUT2D eigenvalue weighted by atomic mass is 9.97. The Morgan fingerprint density at radius 1 is 0.393 bits per heavy atom. The molecule has 0 unspecified atom stereocenters. The molecule has 11 rings (SSSR count). The Morgan fingerprint density at radius 2 is 0.946 bits per heavy atom. The summed E-state index contributed by atoms with van der Waals surface area (Å²) in [5.41, 5.74) is 13.0. The number of para-hydroxylation sites is 2. The molecular weight excluding hydrogens is 699 g/mol. The van der Waals surface area contributed by atoms with E-state index in [-0.39, 0.29) is 0 Å². The van der Waals surface area contributed by atoms with Crippen LogP contribution in [0, 0.1) is 0 Å². The zero-order valence-electron chi connectivity index (χ0n) is 30.3. The van der Waals surface area contributed by atoms with Crippen LogP contribution in [0.3, 0.4) is 0 Å². The highest BCUT2D eigenvalue weighted by Crippen LogP contribution is 2.42. The summed E-state index contributed by atoms with van der Waals surface area (Å²) in [6, 6.07) is 71.3. The topological polar surface area (TPSA) is 30.7 Å². The second kappa shape index (κ2) is 13.3. The van der Waals surface area contributed by atoms with E-state index < -0.39 is 0 Å². The summed E-state index contributed by atoms with van der Waals surface area (Å²) in [6.45, 7) is 0. The molecule has 8 aromatic carbocycles. The van der Waals surface area contributed by atoms with E-state index in [9.17, 15) is 0 Å². The molecule has 0 spiro atoms. The van der Waals surface area contributed by atoms with Gasteiger partial charge in [0.1, 0.15) is 5.65 Å². The smallest absolute Gasteiger partial charge is 0.162 e. The Labute approximate surface area is 328 Å². The van der Waals surface area contributed by atoms with Gasteiger partial charge in [-0.1, -0.05) is 158 Å². The maximum absolute atomic E-state index is 5.47. The molecule has 0 aliphatic rings. The lowest BCUT2D eigenvalue weighted by molar-refractivity contribution is 1.11. The molecule has 0 aliphatic heterocycles. The highest BCUT2D eigenvalue weighted by Gasteiger charge is 2.21. The van der Waals surface area contributed by atoms with Crippen LogP contribution >= 0.6 is 11.3 Å². The predicted molar refractivity (Wildman–Crippen MR) is 236 cm³/mol. The average molecular weight is 732 g/mol. The van der Waals surface area contributed by atoms with Gasteiger partial charge in [-0.05, 0) is 75.8 Å². The number of fused-ring (bicyclic) bond motifs is 6. The Balaban J connectivity index is 1.10. The van der Waals surface area contributed by atoms with E-state index in [2.05, 4.69) is 205 Å². The van der Waals surface area contributed by atoms with E-state index in [1.165, 1.54) is 36.9 Å². The number of thiophene rings is 1. The quantitative estimate of drug-likeness (QED) is 0.170. The fourth-order valence-corrected chi connectivity index (χ4v) is 9.42. The lowest BCUT2D eigenvalue weighted by Crippen LogP contribution is -1.99. The van der Waals surface area contributed by atoms with Crippen molar-refractivity contribution in [2.24, 2.45) is 0 Å². The minimum absolute atomic E-state index is 0.686. The van der Waals surface area contributed by atoms with Crippen molar-refractivity contribution in [3.05, 3.63) is 200 Å². The van der Waals surface area contributed by atoms with Gasteiger partial charge < -0.3 is 0 Å². The molecule has 0 N–H and O–H groups in total. The molecule has 262 valence electrons. The predicted octanol–water partition coefficient (Wildman–Crippen LogP) is 14.3. The molecule has 0 bridgehead atoms. The van der Waals surface area contributed by atoms with E-state index in [1.807, 2.05) is 11.3 Å². The molecule has 3 aromatic heterocycles. The van der Waals surface area contributed by atoms with Crippen LogP contribution in [-0.4, -0.2) is 14.5 Å². The largest absolute Gasteiger partial charge is 0.294 e. The molecule has 0 radical (unpaired) electrons. The van der Waals surface area contributed by atoms with Crippen molar-refractivity contribution in [3.63, 3.8) is 0 Å². The van der Waals surface area contributed by atoms with Crippen LogP contribution in [0.15, 0.2) is 200 Å². The molecule has 0 fully saturated rings. The summed E-state index contributed by atoms with van der Waals surface area (Å²) < 4.78 is 4.91. The van der Waals surface area contributed by atoms with Gasteiger partial charge in [-0.25, -0.2) is 9.97 Å². The van der Waals surface area contributed by atoms with Gasteiger partial charge in [0.2, 0.25) is 0 Å². The van der Waals surface area contributed by atoms with Gasteiger partial charge in [-0.3, -0.25) is 4.57 Å². The highest BCUT2D eigenvalue weighted by molar-refractivity contribution is 7.26. The number of benzene rings is 8. The number of rotatable bonds is 6. The monoisotopic (exact) mass is 731 g/mol. The van der Waals surface area contributed by atoms with Gasteiger partial charge in [-0.2, -0.15) is 0 Å².